The Morgan fingerprint density at radius 2 is 1.80 bits per heavy atom. The van der Waals surface area contributed by atoms with Gasteiger partial charge in [0.1, 0.15) is 22.1 Å². The highest BCUT2D eigenvalue weighted by Gasteiger charge is 2.20. The molecule has 0 unspecified atom stereocenters. The average Bonchev–Trinajstić information content (AvgIpc) is 2.65. The molecule has 0 radical (unpaired) electrons. The van der Waals surface area contributed by atoms with Crippen molar-refractivity contribution in [3.05, 3.63) is 46.5 Å². The highest BCUT2D eigenvalue weighted by Crippen LogP contribution is 2.34. The summed E-state index contributed by atoms with van der Waals surface area (Å²) in [6, 6.07) is 6.92. The molecule has 1 amide bonds. The molecule has 30 heavy (non-hydrogen) atoms. The molecule has 12 nitrogen and oxygen atoms in total. The number of carbonyl (C=O) groups excluding carboxylic acids is 2. The summed E-state index contributed by atoms with van der Waals surface area (Å²) in [6.07, 6.45) is -0.365. The largest absolute Gasteiger partial charge is 0.497 e. The molecule has 0 saturated carbocycles. The van der Waals surface area contributed by atoms with Crippen LogP contribution in [0.4, 0.5) is 22.7 Å². The molecule has 0 atom stereocenters. The van der Waals surface area contributed by atoms with E-state index < -0.39 is 31.5 Å². The number of Topliss-reactive ketones (excluding diaryl/α,β-unsaturated/α-hetero) is 1. The number of nitro groups is 1. The zero-order valence-electron chi connectivity index (χ0n) is 15.7. The first kappa shape index (κ1) is 22.6. The number of nitro benzene ring substituents is 1. The van der Waals surface area contributed by atoms with Gasteiger partial charge in [0, 0.05) is 12.1 Å². The van der Waals surface area contributed by atoms with Crippen LogP contribution in [0, 0.1) is 10.1 Å². The molecule has 0 aliphatic heterocycles. The van der Waals surface area contributed by atoms with Gasteiger partial charge in [-0.25, -0.2) is 0 Å². The van der Waals surface area contributed by atoms with Crippen LogP contribution in [0.1, 0.15) is 13.3 Å². The summed E-state index contributed by atoms with van der Waals surface area (Å²) in [5.41, 5.74) is -0.754. The number of hydrogen-bond donors (Lipinski definition) is 2. The Hall–Kier alpha value is -3.71. The Bertz CT molecular complexity index is 1140. The van der Waals surface area contributed by atoms with E-state index in [2.05, 4.69) is 15.5 Å². The molecule has 13 heteroatoms. The number of hydrogen-bond acceptors (Lipinski definition) is 9. The van der Waals surface area contributed by atoms with E-state index in [0.29, 0.717) is 11.8 Å². The lowest BCUT2D eigenvalue weighted by Gasteiger charge is -2.09. The summed E-state index contributed by atoms with van der Waals surface area (Å²) in [4.78, 5) is 32.7. The van der Waals surface area contributed by atoms with Crippen molar-refractivity contribution in [2.75, 3.05) is 12.4 Å². The van der Waals surface area contributed by atoms with Crippen molar-refractivity contribution >= 4 is 44.6 Å². The predicted octanol–water partition coefficient (Wildman–Crippen LogP) is 3.18. The Labute approximate surface area is 170 Å². The quantitative estimate of drug-likeness (QED) is 0.208. The van der Waals surface area contributed by atoms with Crippen LogP contribution >= 0.6 is 0 Å². The first-order chi connectivity index (χ1) is 14.0. The van der Waals surface area contributed by atoms with Gasteiger partial charge in [-0.2, -0.15) is 8.42 Å². The van der Waals surface area contributed by atoms with Crippen molar-refractivity contribution in [2.45, 2.75) is 18.2 Å². The molecule has 0 aliphatic carbocycles. The minimum Gasteiger partial charge on any atom is -0.497 e. The fraction of sp³-hybridized carbons (Fsp3) is 0.176. The molecule has 0 aromatic heterocycles. The zero-order valence-corrected chi connectivity index (χ0v) is 16.5. The Balaban J connectivity index is 2.45. The normalized spacial score (nSPS) is 11.3. The third-order valence-electron chi connectivity index (χ3n) is 3.59. The maximum Gasteiger partial charge on any atom is 0.298 e. The number of benzene rings is 2. The summed E-state index contributed by atoms with van der Waals surface area (Å²) in [7, 11) is -3.25. The van der Waals surface area contributed by atoms with Crippen LogP contribution in [0.5, 0.6) is 5.75 Å². The molecular weight excluding hydrogens is 420 g/mol. The van der Waals surface area contributed by atoms with Gasteiger partial charge in [0.05, 0.1) is 24.1 Å². The second-order valence-electron chi connectivity index (χ2n) is 5.89. The van der Waals surface area contributed by atoms with Crippen molar-refractivity contribution in [3.63, 3.8) is 0 Å². The standard InChI is InChI=1S/C17H16N4O8S/c1-10(22)7-17(23)18-15-8-11(29-2)3-5-13(15)19-20-14-6-4-12(30(26,27)28)9-16(14)21(24)25/h3-6,8-9H,7H2,1-2H3,(H,18,23)(H,26,27,28). The molecule has 0 fully saturated rings. The van der Waals surface area contributed by atoms with Crippen molar-refractivity contribution in [1.82, 2.24) is 0 Å². The second kappa shape index (κ2) is 9.19. The SMILES string of the molecule is COc1ccc(N=Nc2ccc(S(=O)(=O)O)cc2[N+](=O)[O-])c(NC(=O)CC(C)=O)c1. The number of methoxy groups -OCH3 is 1. The van der Waals surface area contributed by atoms with Crippen LogP contribution in [-0.4, -0.2) is 36.7 Å². The van der Waals surface area contributed by atoms with E-state index in [1.54, 1.807) is 0 Å². The molecule has 2 N–H and O–H groups in total. The lowest BCUT2D eigenvalue weighted by Crippen LogP contribution is -2.14. The number of nitrogens with zero attached hydrogens (tertiary/aromatic N) is 3. The van der Waals surface area contributed by atoms with E-state index >= 15 is 0 Å². The van der Waals surface area contributed by atoms with E-state index in [9.17, 15) is 28.1 Å². The highest BCUT2D eigenvalue weighted by molar-refractivity contribution is 7.85. The molecule has 0 bridgehead atoms. The Morgan fingerprint density at radius 1 is 1.17 bits per heavy atom. The molecule has 2 aromatic carbocycles. The monoisotopic (exact) mass is 436 g/mol. The maximum absolute atomic E-state index is 11.9. The van der Waals surface area contributed by atoms with Crippen molar-refractivity contribution in [3.8, 4) is 5.75 Å². The van der Waals surface area contributed by atoms with E-state index in [0.717, 1.165) is 12.1 Å². The Morgan fingerprint density at radius 3 is 2.37 bits per heavy atom. The van der Waals surface area contributed by atoms with Crippen LogP contribution in [-0.2, 0) is 19.7 Å². The van der Waals surface area contributed by atoms with Gasteiger partial charge >= 0.3 is 0 Å². The molecular formula is C17H16N4O8S. The van der Waals surface area contributed by atoms with Gasteiger partial charge in [-0.3, -0.25) is 24.3 Å². The van der Waals surface area contributed by atoms with Gasteiger partial charge < -0.3 is 10.1 Å². The number of carbonyl (C=O) groups is 2. The van der Waals surface area contributed by atoms with Crippen LogP contribution in [0.25, 0.3) is 0 Å². The fourth-order valence-electron chi connectivity index (χ4n) is 2.25. The van der Waals surface area contributed by atoms with E-state index in [4.69, 9.17) is 9.29 Å². The van der Waals surface area contributed by atoms with Crippen molar-refractivity contribution < 1.29 is 32.2 Å². The fourth-order valence-corrected chi connectivity index (χ4v) is 2.75. The first-order valence-electron chi connectivity index (χ1n) is 8.16. The summed E-state index contributed by atoms with van der Waals surface area (Å²) >= 11 is 0. The lowest BCUT2D eigenvalue weighted by atomic mass is 10.2. The topological polar surface area (TPSA) is 178 Å². The predicted molar refractivity (Wildman–Crippen MR) is 104 cm³/mol. The van der Waals surface area contributed by atoms with E-state index in [1.165, 1.54) is 32.2 Å². The molecule has 0 spiro atoms. The summed E-state index contributed by atoms with van der Waals surface area (Å²) < 4.78 is 36.5. The van der Waals surface area contributed by atoms with Crippen molar-refractivity contribution in [1.29, 1.82) is 0 Å². The van der Waals surface area contributed by atoms with Crippen LogP contribution in [0.2, 0.25) is 0 Å². The number of anilines is 1. The first-order valence-corrected chi connectivity index (χ1v) is 9.60. The van der Waals surface area contributed by atoms with Gasteiger partial charge in [-0.05, 0) is 31.2 Å². The number of azo groups is 1. The van der Waals surface area contributed by atoms with Gasteiger partial charge in [-0.1, -0.05) is 0 Å². The number of nitrogens with one attached hydrogen (secondary N) is 1. The number of ether oxygens (including phenoxy) is 1. The minimum atomic E-state index is -4.65. The average molecular weight is 436 g/mol. The van der Waals surface area contributed by atoms with Gasteiger partial charge in [0.2, 0.25) is 5.91 Å². The summed E-state index contributed by atoms with van der Waals surface area (Å²) in [5, 5.41) is 21.3. The third kappa shape index (κ3) is 5.89. The number of amides is 1. The molecule has 158 valence electrons. The minimum absolute atomic E-state index is 0.0980. The molecule has 2 aromatic rings. The smallest absolute Gasteiger partial charge is 0.298 e. The van der Waals surface area contributed by atoms with Crippen LogP contribution < -0.4 is 10.1 Å². The molecule has 0 heterocycles. The van der Waals surface area contributed by atoms with Gasteiger partial charge in [0.25, 0.3) is 15.8 Å². The zero-order chi connectivity index (χ0) is 22.5. The lowest BCUT2D eigenvalue weighted by molar-refractivity contribution is -0.384. The second-order valence-corrected chi connectivity index (χ2v) is 7.31. The molecule has 2 rings (SSSR count). The molecule has 0 aliphatic rings. The Kier molecular flexibility index (Phi) is 6.92. The van der Waals surface area contributed by atoms with Crippen LogP contribution in [0.3, 0.4) is 0 Å². The van der Waals surface area contributed by atoms with Gasteiger partial charge in [0.15, 0.2) is 5.69 Å². The third-order valence-corrected chi connectivity index (χ3v) is 4.44. The van der Waals surface area contributed by atoms with E-state index in [1.807, 2.05) is 0 Å². The van der Waals surface area contributed by atoms with E-state index in [-0.39, 0.29) is 29.3 Å². The maximum atomic E-state index is 11.9. The van der Waals surface area contributed by atoms with Crippen LogP contribution in [0.15, 0.2) is 51.5 Å². The number of ketones is 1. The molecule has 0 saturated heterocycles. The number of rotatable bonds is 8. The summed E-state index contributed by atoms with van der Waals surface area (Å²) in [6.45, 7) is 1.25. The summed E-state index contributed by atoms with van der Waals surface area (Å²) in [5.74, 6) is -0.584. The highest BCUT2D eigenvalue weighted by atomic mass is 32.2. The van der Waals surface area contributed by atoms with Crippen molar-refractivity contribution in [2.24, 2.45) is 10.2 Å². The van der Waals surface area contributed by atoms with Gasteiger partial charge in [-0.15, -0.1) is 10.2 Å².